The highest BCUT2D eigenvalue weighted by Gasteiger charge is 2.17. The minimum absolute atomic E-state index is 0.0342. The number of nitrogens with two attached hydrogens (primary N) is 1. The van der Waals surface area contributed by atoms with Crippen LogP contribution in [0.4, 0.5) is 11.5 Å². The third-order valence-electron chi connectivity index (χ3n) is 2.48. The summed E-state index contributed by atoms with van der Waals surface area (Å²) >= 11 is 11.6. The summed E-state index contributed by atoms with van der Waals surface area (Å²) in [5, 5.41) is 0.472. The zero-order valence-corrected chi connectivity index (χ0v) is 12.7. The lowest BCUT2D eigenvalue weighted by molar-refractivity contribution is 0.601. The van der Waals surface area contributed by atoms with Gasteiger partial charge in [0.25, 0.3) is 10.0 Å². The Morgan fingerprint density at radius 2 is 1.75 bits per heavy atom. The number of rotatable bonds is 3. The van der Waals surface area contributed by atoms with Crippen molar-refractivity contribution in [3.63, 3.8) is 0 Å². The van der Waals surface area contributed by atoms with E-state index in [1.54, 1.807) is 13.0 Å². The second-order valence-corrected chi connectivity index (χ2v) is 6.70. The third kappa shape index (κ3) is 3.33. The number of anilines is 2. The van der Waals surface area contributed by atoms with E-state index in [-0.39, 0.29) is 20.8 Å². The zero-order valence-electron chi connectivity index (χ0n) is 10.4. The molecule has 8 heteroatoms. The van der Waals surface area contributed by atoms with Crippen molar-refractivity contribution in [2.75, 3.05) is 10.5 Å². The molecule has 0 aliphatic carbocycles. The van der Waals surface area contributed by atoms with Crippen LogP contribution in [0.15, 0.2) is 35.4 Å². The van der Waals surface area contributed by atoms with Crippen molar-refractivity contribution in [2.45, 2.75) is 11.8 Å². The van der Waals surface area contributed by atoms with Gasteiger partial charge < -0.3 is 5.73 Å². The number of aromatic nitrogens is 1. The van der Waals surface area contributed by atoms with Gasteiger partial charge in [-0.05, 0) is 36.8 Å². The van der Waals surface area contributed by atoms with Crippen LogP contribution in [0.25, 0.3) is 0 Å². The Morgan fingerprint density at radius 3 is 2.30 bits per heavy atom. The van der Waals surface area contributed by atoms with E-state index in [0.717, 1.165) is 0 Å². The lowest BCUT2D eigenvalue weighted by Crippen LogP contribution is -2.15. The number of sulfonamides is 1. The molecule has 0 saturated carbocycles. The van der Waals surface area contributed by atoms with Crippen LogP contribution in [0, 0.1) is 6.92 Å². The summed E-state index contributed by atoms with van der Waals surface area (Å²) in [4.78, 5) is 3.92. The van der Waals surface area contributed by atoms with Crippen molar-refractivity contribution in [1.29, 1.82) is 0 Å². The summed E-state index contributed by atoms with van der Waals surface area (Å²) in [5.41, 5.74) is 6.64. The molecule has 0 spiro atoms. The van der Waals surface area contributed by atoms with E-state index in [0.29, 0.717) is 11.3 Å². The van der Waals surface area contributed by atoms with E-state index in [1.807, 2.05) is 0 Å². The summed E-state index contributed by atoms with van der Waals surface area (Å²) in [6.07, 6.45) is 1.37. The fourth-order valence-corrected chi connectivity index (χ4v) is 3.38. The fraction of sp³-hybridized carbons (Fsp3) is 0.0833. The summed E-state index contributed by atoms with van der Waals surface area (Å²) in [6, 6.07) is 5.69. The Balaban J connectivity index is 2.40. The molecule has 20 heavy (non-hydrogen) atoms. The predicted octanol–water partition coefficient (Wildman–Crippen LogP) is 3.08. The smallest absolute Gasteiger partial charge is 0.263 e. The average Bonchev–Trinajstić information content (AvgIpc) is 2.31. The first-order valence-corrected chi connectivity index (χ1v) is 7.73. The highest BCUT2D eigenvalue weighted by atomic mass is 35.5. The molecule has 5 nitrogen and oxygen atoms in total. The highest BCUT2D eigenvalue weighted by Crippen LogP contribution is 2.24. The Morgan fingerprint density at radius 1 is 1.15 bits per heavy atom. The van der Waals surface area contributed by atoms with Crippen LogP contribution in [0.3, 0.4) is 0 Å². The first-order chi connectivity index (χ1) is 9.28. The number of pyridine rings is 1. The van der Waals surface area contributed by atoms with Crippen molar-refractivity contribution in [3.8, 4) is 0 Å². The molecule has 106 valence electrons. The largest absolute Gasteiger partial charge is 0.397 e. The first kappa shape index (κ1) is 14.9. The van der Waals surface area contributed by atoms with Crippen LogP contribution >= 0.6 is 23.2 Å². The molecule has 2 aromatic rings. The van der Waals surface area contributed by atoms with E-state index < -0.39 is 10.0 Å². The van der Waals surface area contributed by atoms with Gasteiger partial charge in [-0.1, -0.05) is 23.2 Å². The number of halogens is 2. The van der Waals surface area contributed by atoms with Crippen molar-refractivity contribution in [3.05, 3.63) is 46.1 Å². The Bertz CT molecular complexity index is 743. The number of aryl methyl sites for hydroxylation is 1. The van der Waals surface area contributed by atoms with Crippen molar-refractivity contribution >= 4 is 44.7 Å². The Hall–Kier alpha value is -1.50. The van der Waals surface area contributed by atoms with E-state index in [4.69, 9.17) is 28.9 Å². The molecule has 0 fully saturated rings. The molecule has 0 unspecified atom stereocenters. The van der Waals surface area contributed by atoms with Gasteiger partial charge in [0.1, 0.15) is 5.82 Å². The SMILES string of the molecule is Cc1cc(N)cnc1NS(=O)(=O)c1cc(Cl)cc(Cl)c1. The predicted molar refractivity (Wildman–Crippen MR) is 80.7 cm³/mol. The number of hydrogen-bond donors (Lipinski definition) is 2. The van der Waals surface area contributed by atoms with Crippen LogP contribution in [-0.2, 0) is 10.0 Å². The molecular weight excluding hydrogens is 321 g/mol. The normalized spacial score (nSPS) is 11.3. The van der Waals surface area contributed by atoms with Crippen molar-refractivity contribution in [1.82, 2.24) is 4.98 Å². The van der Waals surface area contributed by atoms with E-state index >= 15 is 0 Å². The highest BCUT2D eigenvalue weighted by molar-refractivity contribution is 7.92. The average molecular weight is 332 g/mol. The maximum atomic E-state index is 12.2. The second-order valence-electron chi connectivity index (χ2n) is 4.14. The summed E-state index contributed by atoms with van der Waals surface area (Å²) in [5.74, 6) is 0.204. The van der Waals surface area contributed by atoms with Crippen LogP contribution in [0.1, 0.15) is 5.56 Å². The summed E-state index contributed by atoms with van der Waals surface area (Å²) in [7, 11) is -3.82. The molecule has 3 N–H and O–H groups in total. The summed E-state index contributed by atoms with van der Waals surface area (Å²) < 4.78 is 26.9. The maximum absolute atomic E-state index is 12.2. The van der Waals surface area contributed by atoms with Crippen LogP contribution in [-0.4, -0.2) is 13.4 Å². The molecule has 0 aliphatic rings. The monoisotopic (exact) mass is 331 g/mol. The lowest BCUT2D eigenvalue weighted by Gasteiger charge is -2.10. The zero-order chi connectivity index (χ0) is 14.9. The molecule has 1 heterocycles. The van der Waals surface area contributed by atoms with Gasteiger partial charge in [-0.25, -0.2) is 13.4 Å². The van der Waals surface area contributed by atoms with Gasteiger partial charge in [-0.15, -0.1) is 0 Å². The van der Waals surface area contributed by atoms with E-state index in [2.05, 4.69) is 9.71 Å². The van der Waals surface area contributed by atoms with Crippen LogP contribution in [0.2, 0.25) is 10.0 Å². The first-order valence-electron chi connectivity index (χ1n) is 5.49. The molecule has 1 aromatic carbocycles. The number of nitrogens with zero attached hydrogens (tertiary/aromatic N) is 1. The van der Waals surface area contributed by atoms with Gasteiger partial charge in [-0.2, -0.15) is 0 Å². The Labute approximate surface area is 126 Å². The van der Waals surface area contributed by atoms with Gasteiger partial charge in [0.15, 0.2) is 0 Å². The number of hydrogen-bond acceptors (Lipinski definition) is 4. The number of nitrogens with one attached hydrogen (secondary N) is 1. The van der Waals surface area contributed by atoms with Gasteiger partial charge in [0.2, 0.25) is 0 Å². The maximum Gasteiger partial charge on any atom is 0.263 e. The van der Waals surface area contributed by atoms with Gasteiger partial charge in [0, 0.05) is 10.0 Å². The number of benzene rings is 1. The van der Waals surface area contributed by atoms with Gasteiger partial charge in [0.05, 0.1) is 16.8 Å². The minimum atomic E-state index is -3.82. The Kier molecular flexibility index (Phi) is 4.08. The van der Waals surface area contributed by atoms with Crippen LogP contribution < -0.4 is 10.5 Å². The van der Waals surface area contributed by atoms with E-state index in [1.165, 1.54) is 24.4 Å². The third-order valence-corrected chi connectivity index (χ3v) is 4.23. The second kappa shape index (κ2) is 5.47. The number of nitrogen functional groups attached to an aromatic ring is 1. The summed E-state index contributed by atoms with van der Waals surface area (Å²) in [6.45, 7) is 1.70. The van der Waals surface area contributed by atoms with E-state index in [9.17, 15) is 8.42 Å². The molecule has 0 radical (unpaired) electrons. The van der Waals surface area contributed by atoms with Crippen molar-refractivity contribution in [2.24, 2.45) is 0 Å². The van der Waals surface area contributed by atoms with Crippen LogP contribution in [0.5, 0.6) is 0 Å². The molecule has 0 aliphatic heterocycles. The standard InChI is InChI=1S/C12H11Cl2N3O2S/c1-7-2-10(15)6-16-12(7)17-20(18,19)11-4-8(13)3-9(14)5-11/h2-6H,15H2,1H3,(H,16,17). The quantitative estimate of drug-likeness (QED) is 0.904. The molecule has 0 saturated heterocycles. The fourth-order valence-electron chi connectivity index (χ4n) is 1.57. The molecule has 2 rings (SSSR count). The molecule has 1 aromatic heterocycles. The minimum Gasteiger partial charge on any atom is -0.397 e. The molecular formula is C12H11Cl2N3O2S. The lowest BCUT2D eigenvalue weighted by atomic mass is 10.3. The van der Waals surface area contributed by atoms with Gasteiger partial charge >= 0.3 is 0 Å². The molecule has 0 amide bonds. The van der Waals surface area contributed by atoms with Crippen molar-refractivity contribution < 1.29 is 8.42 Å². The van der Waals surface area contributed by atoms with Gasteiger partial charge in [-0.3, -0.25) is 4.72 Å². The topological polar surface area (TPSA) is 85.1 Å². The molecule has 0 bridgehead atoms. The molecule has 0 atom stereocenters.